The minimum atomic E-state index is -4.29. The molecule has 2 atom stereocenters. The molecule has 0 saturated heterocycles. The number of ether oxygens (including phenoxy) is 2. The number of quaternary nitrogens is 1. The lowest BCUT2D eigenvalue weighted by Gasteiger charge is -2.24. The molecule has 0 rings (SSSR count). The first-order valence-corrected chi connectivity index (χ1v) is 30.9. The summed E-state index contributed by atoms with van der Waals surface area (Å²) < 4.78 is 35.3. The van der Waals surface area contributed by atoms with Gasteiger partial charge in [-0.3, -0.25) is 13.8 Å². The van der Waals surface area contributed by atoms with Crippen molar-refractivity contribution in [2.75, 3.05) is 54.1 Å². The molecule has 0 fully saturated rings. The van der Waals surface area contributed by atoms with Crippen molar-refractivity contribution in [1.29, 1.82) is 0 Å². The molecule has 0 aliphatic rings. The van der Waals surface area contributed by atoms with E-state index in [-0.39, 0.29) is 25.8 Å². The van der Waals surface area contributed by atoms with Crippen molar-refractivity contribution in [2.24, 2.45) is 0 Å². The summed E-state index contributed by atoms with van der Waals surface area (Å²) in [5.74, 6) is -0.312. The second-order valence-electron chi connectivity index (χ2n) is 21.0. The molecule has 69 heavy (non-hydrogen) atoms. The molecule has 8 nitrogen and oxygen atoms in total. The Bertz CT molecular complexity index is 1240. The van der Waals surface area contributed by atoms with Crippen LogP contribution in [0.2, 0.25) is 0 Å². The van der Waals surface area contributed by atoms with Gasteiger partial charge in [0.25, 0.3) is 0 Å². The average Bonchev–Trinajstić information content (AvgIpc) is 3.31. The Kier molecular flexibility index (Phi) is 51.6. The number of allylic oxidation sites excluding steroid dienone is 8. The summed E-state index contributed by atoms with van der Waals surface area (Å²) in [7, 11) is 1.67. The summed E-state index contributed by atoms with van der Waals surface area (Å²) in [6.45, 7) is 5.64. The van der Waals surface area contributed by atoms with E-state index in [1.165, 1.54) is 205 Å². The van der Waals surface area contributed by atoms with E-state index in [1.807, 2.05) is 21.1 Å². The summed E-state index contributed by atoms with van der Waals surface area (Å²) >= 11 is 0. The second kappa shape index (κ2) is 52.8. The van der Waals surface area contributed by atoms with Gasteiger partial charge in [0.15, 0.2) is 0 Å². The molecule has 0 spiro atoms. The lowest BCUT2D eigenvalue weighted by Crippen LogP contribution is -2.37. The van der Waals surface area contributed by atoms with Crippen LogP contribution < -0.4 is 0 Å². The smallest absolute Gasteiger partial charge is 0.457 e. The fraction of sp³-hybridized carbons (Fsp3) is 0.850. The molecule has 0 saturated carbocycles. The van der Waals surface area contributed by atoms with E-state index in [9.17, 15) is 14.3 Å². The zero-order valence-electron chi connectivity index (χ0n) is 46.3. The molecule has 0 aromatic heterocycles. The number of esters is 1. The zero-order chi connectivity index (χ0) is 50.5. The van der Waals surface area contributed by atoms with Crippen molar-refractivity contribution in [3.63, 3.8) is 0 Å². The predicted molar refractivity (Wildman–Crippen MR) is 298 cm³/mol. The summed E-state index contributed by atoms with van der Waals surface area (Å²) in [5, 5.41) is 0. The van der Waals surface area contributed by atoms with E-state index in [2.05, 4.69) is 62.5 Å². The van der Waals surface area contributed by atoms with Crippen LogP contribution in [0, 0.1) is 0 Å². The lowest BCUT2D eigenvalue weighted by molar-refractivity contribution is -0.870. The SMILES string of the molecule is CCCCCCC/C=C\C/C=C\CCCCCCCCCCCCCCCC(=O)OC(COCCCCCCCCCCCC/C=C\C/C=C\CCCCCCC)COP(=O)(O)OCC[N+](C)(C)C. The Morgan fingerprint density at radius 3 is 1.17 bits per heavy atom. The predicted octanol–water partition coefficient (Wildman–Crippen LogP) is 18.6. The van der Waals surface area contributed by atoms with Gasteiger partial charge in [0.1, 0.15) is 19.3 Å². The standard InChI is InChI=1S/C60H114NO7P/c1-6-8-10-12-14-16-18-20-22-24-26-28-30-31-32-33-35-37-39-41-43-45-47-49-51-53-60(62)68-59(58-67-69(63,64)66-56-54-61(3,4)5)57-65-55-52-50-48-46-44-42-40-38-36-34-29-27-25-23-21-19-17-15-13-11-9-7-2/h18-21,24-27,59H,6-17,22-23,28-58H2,1-5H3/p+1/b20-18-,21-19-,26-24-,27-25-. The Morgan fingerprint density at radius 2 is 0.797 bits per heavy atom. The summed E-state index contributed by atoms with van der Waals surface area (Å²) in [4.78, 5) is 23.1. The number of carbonyl (C=O) groups excluding carboxylic acids is 1. The summed E-state index contributed by atoms with van der Waals surface area (Å²) in [6, 6.07) is 0. The quantitative estimate of drug-likeness (QED) is 0.0213. The highest BCUT2D eigenvalue weighted by Crippen LogP contribution is 2.43. The fourth-order valence-corrected chi connectivity index (χ4v) is 9.06. The molecular weight excluding hydrogens is 878 g/mol. The van der Waals surface area contributed by atoms with Crippen LogP contribution in [0.4, 0.5) is 0 Å². The third kappa shape index (κ3) is 57.2. The summed E-state index contributed by atoms with van der Waals surface area (Å²) in [6.07, 6.45) is 67.4. The van der Waals surface area contributed by atoms with Gasteiger partial charge in [0.2, 0.25) is 0 Å². The van der Waals surface area contributed by atoms with Crippen molar-refractivity contribution < 1.29 is 37.3 Å². The monoisotopic (exact) mass is 993 g/mol. The topological polar surface area (TPSA) is 91.3 Å². The van der Waals surface area contributed by atoms with E-state index in [1.54, 1.807) is 0 Å². The van der Waals surface area contributed by atoms with Gasteiger partial charge in [-0.1, -0.05) is 236 Å². The van der Waals surface area contributed by atoms with Crippen molar-refractivity contribution in [3.05, 3.63) is 48.6 Å². The van der Waals surface area contributed by atoms with Gasteiger partial charge >= 0.3 is 13.8 Å². The normalized spacial score (nSPS) is 13.8. The van der Waals surface area contributed by atoms with Gasteiger partial charge in [-0.2, -0.15) is 0 Å². The fourth-order valence-electron chi connectivity index (χ4n) is 8.32. The van der Waals surface area contributed by atoms with Crippen molar-refractivity contribution >= 4 is 13.8 Å². The van der Waals surface area contributed by atoms with Crippen LogP contribution >= 0.6 is 7.82 Å². The van der Waals surface area contributed by atoms with Crippen LogP contribution in [0.1, 0.15) is 271 Å². The van der Waals surface area contributed by atoms with Crippen LogP contribution in [0.15, 0.2) is 48.6 Å². The number of hydrogen-bond acceptors (Lipinski definition) is 6. The number of carbonyl (C=O) groups is 1. The number of hydrogen-bond donors (Lipinski definition) is 1. The Balaban J connectivity index is 4.06. The minimum absolute atomic E-state index is 0.0877. The molecule has 0 heterocycles. The third-order valence-electron chi connectivity index (χ3n) is 12.9. The number of unbranched alkanes of at least 4 members (excludes halogenated alkanes) is 33. The lowest BCUT2D eigenvalue weighted by atomic mass is 10.0. The average molecular weight is 994 g/mol. The Morgan fingerprint density at radius 1 is 0.449 bits per heavy atom. The Labute approximate surface area is 428 Å². The highest BCUT2D eigenvalue weighted by atomic mass is 31.2. The van der Waals surface area contributed by atoms with Crippen molar-refractivity contribution in [2.45, 2.75) is 277 Å². The van der Waals surface area contributed by atoms with E-state index in [0.29, 0.717) is 24.1 Å². The maximum atomic E-state index is 12.8. The van der Waals surface area contributed by atoms with E-state index in [0.717, 1.165) is 44.9 Å². The Hall–Kier alpha value is -1.54. The van der Waals surface area contributed by atoms with Gasteiger partial charge in [-0.25, -0.2) is 4.57 Å². The summed E-state index contributed by atoms with van der Waals surface area (Å²) in [5.41, 5.74) is 0. The maximum Gasteiger partial charge on any atom is 0.472 e. The molecule has 0 bridgehead atoms. The molecule has 0 radical (unpaired) electrons. The van der Waals surface area contributed by atoms with Crippen LogP contribution in [0.5, 0.6) is 0 Å². The molecule has 406 valence electrons. The number of likely N-dealkylation sites (N-methyl/N-ethyl adjacent to an activating group) is 1. The van der Waals surface area contributed by atoms with Gasteiger partial charge in [-0.15, -0.1) is 0 Å². The molecule has 9 heteroatoms. The first kappa shape index (κ1) is 67.5. The van der Waals surface area contributed by atoms with Crippen LogP contribution in [-0.4, -0.2) is 75.6 Å². The van der Waals surface area contributed by atoms with Gasteiger partial charge in [-0.05, 0) is 77.0 Å². The second-order valence-corrected chi connectivity index (χ2v) is 22.5. The third-order valence-corrected chi connectivity index (χ3v) is 13.8. The molecule has 0 aromatic carbocycles. The zero-order valence-corrected chi connectivity index (χ0v) is 47.2. The first-order valence-electron chi connectivity index (χ1n) is 29.4. The van der Waals surface area contributed by atoms with Gasteiger partial charge in [0.05, 0.1) is 34.4 Å². The highest BCUT2D eigenvalue weighted by Gasteiger charge is 2.26. The number of nitrogens with zero attached hydrogens (tertiary/aromatic N) is 1. The maximum absolute atomic E-state index is 12.8. The van der Waals surface area contributed by atoms with Crippen molar-refractivity contribution in [1.82, 2.24) is 0 Å². The van der Waals surface area contributed by atoms with E-state index in [4.69, 9.17) is 18.5 Å². The molecular formula is C60H115NO7P+. The van der Waals surface area contributed by atoms with Crippen molar-refractivity contribution in [3.8, 4) is 0 Å². The molecule has 0 aromatic rings. The largest absolute Gasteiger partial charge is 0.472 e. The molecule has 0 aliphatic carbocycles. The van der Waals surface area contributed by atoms with Crippen LogP contribution in [-0.2, 0) is 27.9 Å². The highest BCUT2D eigenvalue weighted by molar-refractivity contribution is 7.47. The van der Waals surface area contributed by atoms with Crippen LogP contribution in [0.3, 0.4) is 0 Å². The number of phosphoric acid groups is 1. The first-order chi connectivity index (χ1) is 33.6. The number of rotatable bonds is 55. The van der Waals surface area contributed by atoms with Crippen LogP contribution in [0.25, 0.3) is 0 Å². The van der Waals surface area contributed by atoms with Gasteiger partial charge < -0.3 is 18.9 Å². The molecule has 1 N–H and O–H groups in total. The van der Waals surface area contributed by atoms with E-state index >= 15 is 0 Å². The number of phosphoric ester groups is 1. The van der Waals surface area contributed by atoms with Gasteiger partial charge in [0, 0.05) is 13.0 Å². The van der Waals surface area contributed by atoms with E-state index < -0.39 is 13.9 Å². The molecule has 2 unspecified atom stereocenters. The molecule has 0 aliphatic heterocycles. The minimum Gasteiger partial charge on any atom is -0.457 e. The molecule has 0 amide bonds.